The maximum atomic E-state index is 13.3. The van der Waals surface area contributed by atoms with Crippen molar-refractivity contribution in [2.45, 2.75) is 19.1 Å². The first-order valence-electron chi connectivity index (χ1n) is 12.6. The highest BCUT2D eigenvalue weighted by Gasteiger charge is 2.70. The van der Waals surface area contributed by atoms with Crippen LogP contribution in [0.5, 0.6) is 11.5 Å². The van der Waals surface area contributed by atoms with Gasteiger partial charge in [0.15, 0.2) is 11.5 Å². The first-order chi connectivity index (χ1) is 17.5. The van der Waals surface area contributed by atoms with Gasteiger partial charge in [0.25, 0.3) is 0 Å². The van der Waals surface area contributed by atoms with E-state index in [0.717, 1.165) is 23.3 Å². The van der Waals surface area contributed by atoms with E-state index in [9.17, 15) is 9.59 Å². The van der Waals surface area contributed by atoms with Crippen LogP contribution in [0.2, 0.25) is 0 Å². The number of benzene rings is 2. The molecule has 0 radical (unpaired) electrons. The van der Waals surface area contributed by atoms with Crippen LogP contribution in [-0.2, 0) is 21.0 Å². The number of oxime groups is 1. The standard InChI is InChI=1S/C28H31N3O5/c1-30(2)11-12-31-27(32)22-18-14-19(23(22)28(31)33)26-24(18)25(29-36-26)17-9-10-20(21(13-17)34-3)35-15-16-7-5-4-6-8-16/h4-10,13,18-19,22-24,26H,11-12,14-15H2,1-3H3/t18-,19+,22-,23+,24-,26-/m1/s1. The molecule has 2 aromatic carbocycles. The summed E-state index contributed by atoms with van der Waals surface area (Å²) in [5, 5.41) is 4.46. The van der Waals surface area contributed by atoms with Crippen LogP contribution < -0.4 is 9.47 Å². The average Bonchev–Trinajstić information content (AvgIpc) is 3.63. The van der Waals surface area contributed by atoms with Crippen molar-refractivity contribution in [3.05, 3.63) is 59.7 Å². The van der Waals surface area contributed by atoms with Crippen molar-refractivity contribution < 1.29 is 23.9 Å². The molecule has 4 aliphatic rings. The maximum absolute atomic E-state index is 13.3. The van der Waals surface area contributed by atoms with Crippen molar-refractivity contribution in [2.24, 2.45) is 34.7 Å². The Morgan fingerprint density at radius 1 is 1.00 bits per heavy atom. The molecule has 2 aliphatic heterocycles. The highest BCUT2D eigenvalue weighted by atomic mass is 16.6. The zero-order valence-corrected chi connectivity index (χ0v) is 20.8. The fraction of sp³-hybridized carbons (Fsp3) is 0.464. The molecule has 8 nitrogen and oxygen atoms in total. The number of nitrogens with zero attached hydrogens (tertiary/aromatic N) is 3. The minimum atomic E-state index is -0.274. The Kier molecular flexibility index (Phi) is 5.71. The van der Waals surface area contributed by atoms with Crippen LogP contribution in [0.3, 0.4) is 0 Å². The van der Waals surface area contributed by atoms with E-state index in [-0.39, 0.29) is 47.5 Å². The second kappa shape index (κ2) is 8.92. The van der Waals surface area contributed by atoms with E-state index in [0.29, 0.717) is 31.2 Å². The number of imide groups is 1. The van der Waals surface area contributed by atoms with Gasteiger partial charge < -0.3 is 19.2 Å². The molecule has 36 heavy (non-hydrogen) atoms. The summed E-state index contributed by atoms with van der Waals surface area (Å²) in [5.74, 6) is 0.775. The number of likely N-dealkylation sites (N-methyl/N-ethyl adjacent to an activating group) is 1. The number of likely N-dealkylation sites (tertiary alicyclic amines) is 1. The van der Waals surface area contributed by atoms with Gasteiger partial charge in [-0.25, -0.2) is 0 Å². The Labute approximate surface area is 210 Å². The lowest BCUT2D eigenvalue weighted by Crippen LogP contribution is -2.41. The summed E-state index contributed by atoms with van der Waals surface area (Å²) in [5.41, 5.74) is 2.81. The number of amides is 2. The molecular weight excluding hydrogens is 458 g/mol. The second-order valence-electron chi connectivity index (χ2n) is 10.5. The lowest BCUT2D eigenvalue weighted by molar-refractivity contribution is -0.141. The Hall–Kier alpha value is -3.39. The van der Waals surface area contributed by atoms with E-state index in [4.69, 9.17) is 14.3 Å². The number of carbonyl (C=O) groups excluding carboxylic acids is 2. The molecule has 1 saturated heterocycles. The van der Waals surface area contributed by atoms with Gasteiger partial charge in [0, 0.05) is 30.5 Å². The molecule has 0 aromatic heterocycles. The minimum Gasteiger partial charge on any atom is -0.493 e. The average molecular weight is 490 g/mol. The van der Waals surface area contributed by atoms with Gasteiger partial charge >= 0.3 is 0 Å². The normalized spacial score (nSPS) is 29.9. The van der Waals surface area contributed by atoms with E-state index in [2.05, 4.69) is 5.16 Å². The molecule has 8 heteroatoms. The van der Waals surface area contributed by atoms with Crippen LogP contribution in [0.25, 0.3) is 0 Å². The predicted octanol–water partition coefficient (Wildman–Crippen LogP) is 2.81. The van der Waals surface area contributed by atoms with Crippen LogP contribution in [0, 0.1) is 29.6 Å². The zero-order chi connectivity index (χ0) is 25.0. The van der Waals surface area contributed by atoms with E-state index in [1.807, 2.05) is 67.5 Å². The van der Waals surface area contributed by atoms with E-state index >= 15 is 0 Å². The van der Waals surface area contributed by atoms with Crippen molar-refractivity contribution in [1.82, 2.24) is 9.80 Å². The second-order valence-corrected chi connectivity index (χ2v) is 10.5. The molecule has 3 fully saturated rings. The first kappa shape index (κ1) is 23.0. The smallest absolute Gasteiger partial charge is 0.233 e. The summed E-state index contributed by atoms with van der Waals surface area (Å²) in [7, 11) is 5.52. The number of hydrogen-bond acceptors (Lipinski definition) is 7. The van der Waals surface area contributed by atoms with Crippen LogP contribution in [-0.4, -0.2) is 67.7 Å². The van der Waals surface area contributed by atoms with Gasteiger partial charge in [-0.2, -0.15) is 0 Å². The van der Waals surface area contributed by atoms with Crippen molar-refractivity contribution in [3.63, 3.8) is 0 Å². The van der Waals surface area contributed by atoms with Crippen molar-refractivity contribution in [1.29, 1.82) is 0 Å². The number of methoxy groups -OCH3 is 1. The van der Waals surface area contributed by atoms with Crippen LogP contribution in [0.4, 0.5) is 0 Å². The molecule has 6 atom stereocenters. The largest absolute Gasteiger partial charge is 0.493 e. The fourth-order valence-electron chi connectivity index (χ4n) is 6.63. The molecule has 2 saturated carbocycles. The highest BCUT2D eigenvalue weighted by molar-refractivity contribution is 6.09. The third-order valence-corrected chi connectivity index (χ3v) is 8.25. The topological polar surface area (TPSA) is 80.7 Å². The molecule has 2 amide bonds. The van der Waals surface area contributed by atoms with Gasteiger partial charge in [-0.1, -0.05) is 35.5 Å². The lowest BCUT2D eigenvalue weighted by atomic mass is 9.71. The predicted molar refractivity (Wildman–Crippen MR) is 133 cm³/mol. The van der Waals surface area contributed by atoms with Crippen molar-refractivity contribution in [2.75, 3.05) is 34.3 Å². The third kappa shape index (κ3) is 3.58. The summed E-state index contributed by atoms with van der Waals surface area (Å²) in [6.07, 6.45) is 0.676. The third-order valence-electron chi connectivity index (χ3n) is 8.25. The quantitative estimate of drug-likeness (QED) is 0.531. The van der Waals surface area contributed by atoms with E-state index in [1.54, 1.807) is 7.11 Å². The SMILES string of the molecule is COc1cc(C2=NO[C@@H]3[C@H]4C[C@H]([C@H]5C(=O)N(CCN(C)C)C(=O)[C@@H]45)[C@H]23)ccc1OCc1ccccc1. The lowest BCUT2D eigenvalue weighted by Gasteiger charge is -2.30. The Morgan fingerprint density at radius 3 is 2.47 bits per heavy atom. The number of fused-ring (bicyclic) bond motifs is 8. The molecule has 0 spiro atoms. The van der Waals surface area contributed by atoms with Gasteiger partial charge in [0.05, 0.1) is 24.7 Å². The molecule has 0 unspecified atom stereocenters. The Balaban J connectivity index is 1.21. The van der Waals surface area contributed by atoms with Gasteiger partial charge in [-0.05, 0) is 50.2 Å². The number of rotatable bonds is 8. The summed E-state index contributed by atoms with van der Waals surface area (Å²) in [4.78, 5) is 35.9. The molecule has 0 N–H and O–H groups in total. The van der Waals surface area contributed by atoms with E-state index in [1.165, 1.54) is 4.90 Å². The minimum absolute atomic E-state index is 0.00240. The molecule has 2 heterocycles. The van der Waals surface area contributed by atoms with Crippen LogP contribution in [0.15, 0.2) is 53.7 Å². The molecule has 2 aromatic rings. The van der Waals surface area contributed by atoms with Gasteiger partial charge in [-0.15, -0.1) is 0 Å². The van der Waals surface area contributed by atoms with Crippen LogP contribution in [0.1, 0.15) is 17.5 Å². The highest BCUT2D eigenvalue weighted by Crippen LogP contribution is 2.61. The van der Waals surface area contributed by atoms with Gasteiger partial charge in [0.1, 0.15) is 12.7 Å². The Bertz CT molecular complexity index is 1210. The fourth-order valence-corrected chi connectivity index (χ4v) is 6.63. The number of carbonyl (C=O) groups is 2. The monoisotopic (exact) mass is 489 g/mol. The molecule has 188 valence electrons. The van der Waals surface area contributed by atoms with Gasteiger partial charge in [0.2, 0.25) is 11.8 Å². The number of ether oxygens (including phenoxy) is 2. The molecular formula is C28H31N3O5. The maximum Gasteiger partial charge on any atom is 0.233 e. The first-order valence-corrected chi connectivity index (χ1v) is 12.6. The molecule has 6 rings (SSSR count). The van der Waals surface area contributed by atoms with Crippen LogP contribution >= 0.6 is 0 Å². The summed E-state index contributed by atoms with van der Waals surface area (Å²) < 4.78 is 11.7. The van der Waals surface area contributed by atoms with Gasteiger partial charge in [-0.3, -0.25) is 14.5 Å². The van der Waals surface area contributed by atoms with Crippen molar-refractivity contribution >= 4 is 17.5 Å². The Morgan fingerprint density at radius 2 is 1.75 bits per heavy atom. The zero-order valence-electron chi connectivity index (χ0n) is 20.8. The van der Waals surface area contributed by atoms with Crippen molar-refractivity contribution in [3.8, 4) is 11.5 Å². The summed E-state index contributed by atoms with van der Waals surface area (Å²) in [6, 6.07) is 15.8. The summed E-state index contributed by atoms with van der Waals surface area (Å²) >= 11 is 0. The molecule has 2 aliphatic carbocycles. The van der Waals surface area contributed by atoms with E-state index < -0.39 is 0 Å². The molecule has 2 bridgehead atoms. The number of hydrogen-bond donors (Lipinski definition) is 0. The summed E-state index contributed by atoms with van der Waals surface area (Å²) in [6.45, 7) is 1.55.